The molecule has 0 aliphatic heterocycles. The van der Waals surface area contributed by atoms with Gasteiger partial charge in [0.2, 0.25) is 0 Å². The summed E-state index contributed by atoms with van der Waals surface area (Å²) in [5.74, 6) is 0.757. The first kappa shape index (κ1) is 11.7. The highest BCUT2D eigenvalue weighted by Crippen LogP contribution is 2.22. The molecule has 0 aromatic carbocycles. The van der Waals surface area contributed by atoms with Gasteiger partial charge in [-0.25, -0.2) is 0 Å². The Labute approximate surface area is 78.1 Å². The van der Waals surface area contributed by atoms with Crippen LogP contribution >= 0.6 is 0 Å². The second-order valence-corrected chi connectivity index (χ2v) is 5.02. The van der Waals surface area contributed by atoms with E-state index in [9.17, 15) is 0 Å². The lowest BCUT2D eigenvalue weighted by molar-refractivity contribution is 0.417. The second kappa shape index (κ2) is 4.69. The van der Waals surface area contributed by atoms with Crippen molar-refractivity contribution in [1.29, 1.82) is 0 Å². The zero-order valence-electron chi connectivity index (χ0n) is 9.57. The molecular formula is C12H24. The molecule has 1 atom stereocenters. The van der Waals surface area contributed by atoms with Crippen molar-refractivity contribution in [2.24, 2.45) is 11.3 Å². The third-order valence-corrected chi connectivity index (χ3v) is 2.43. The first-order valence-corrected chi connectivity index (χ1v) is 5.03. The van der Waals surface area contributed by atoms with Gasteiger partial charge in [-0.2, -0.15) is 0 Å². The lowest BCUT2D eigenvalue weighted by atomic mass is 9.89. The predicted molar refractivity (Wildman–Crippen MR) is 57.3 cm³/mol. The van der Waals surface area contributed by atoms with E-state index in [-0.39, 0.29) is 0 Å². The summed E-state index contributed by atoms with van der Waals surface area (Å²) >= 11 is 0. The van der Waals surface area contributed by atoms with Gasteiger partial charge >= 0.3 is 0 Å². The minimum atomic E-state index is 0.439. The van der Waals surface area contributed by atoms with Crippen LogP contribution < -0.4 is 0 Å². The zero-order chi connectivity index (χ0) is 9.78. The van der Waals surface area contributed by atoms with Crippen molar-refractivity contribution in [3.05, 3.63) is 11.6 Å². The highest BCUT2D eigenvalue weighted by Gasteiger charge is 2.08. The van der Waals surface area contributed by atoms with E-state index in [2.05, 4.69) is 47.6 Å². The topological polar surface area (TPSA) is 0 Å². The highest BCUT2D eigenvalue weighted by molar-refractivity contribution is 5.02. The molecule has 0 aromatic rings. The molecule has 0 N–H and O–H groups in total. The fourth-order valence-electron chi connectivity index (χ4n) is 0.990. The summed E-state index contributed by atoms with van der Waals surface area (Å²) in [6.07, 6.45) is 4.85. The van der Waals surface area contributed by atoms with Gasteiger partial charge < -0.3 is 0 Å². The monoisotopic (exact) mass is 168 g/mol. The molecule has 0 heteroatoms. The number of hydrogen-bond acceptors (Lipinski definition) is 0. The van der Waals surface area contributed by atoms with Crippen LogP contribution in [0.2, 0.25) is 0 Å². The zero-order valence-corrected chi connectivity index (χ0v) is 9.57. The van der Waals surface area contributed by atoms with Crippen molar-refractivity contribution in [3.8, 4) is 0 Å². The Morgan fingerprint density at radius 3 is 2.17 bits per heavy atom. The summed E-state index contributed by atoms with van der Waals surface area (Å²) in [5, 5.41) is 0. The Hall–Kier alpha value is -0.260. The maximum absolute atomic E-state index is 2.40. The van der Waals surface area contributed by atoms with E-state index in [1.807, 2.05) is 0 Å². The summed E-state index contributed by atoms with van der Waals surface area (Å²) in [4.78, 5) is 0. The first-order chi connectivity index (χ1) is 5.37. The molecule has 0 heterocycles. The van der Waals surface area contributed by atoms with E-state index in [0.29, 0.717) is 5.41 Å². The van der Waals surface area contributed by atoms with E-state index in [1.54, 1.807) is 5.57 Å². The van der Waals surface area contributed by atoms with Crippen LogP contribution in [0.1, 0.15) is 54.4 Å². The predicted octanol–water partition coefficient (Wildman–Crippen LogP) is 4.42. The average Bonchev–Trinajstić information content (AvgIpc) is 1.97. The van der Waals surface area contributed by atoms with Crippen LogP contribution in [0.4, 0.5) is 0 Å². The molecule has 0 rings (SSSR count). The lowest BCUT2D eigenvalue weighted by Gasteiger charge is -2.17. The Bertz CT molecular complexity index is 146. The number of rotatable bonds is 3. The normalized spacial score (nSPS) is 16.3. The first-order valence-electron chi connectivity index (χ1n) is 5.03. The molecule has 0 amide bonds. The van der Waals surface area contributed by atoms with Crippen LogP contribution in [0.5, 0.6) is 0 Å². The van der Waals surface area contributed by atoms with Crippen LogP contribution in [0.15, 0.2) is 11.6 Å². The maximum Gasteiger partial charge on any atom is -0.0237 e. The molecule has 0 fully saturated rings. The van der Waals surface area contributed by atoms with Crippen LogP contribution in [0.25, 0.3) is 0 Å². The molecular weight excluding hydrogens is 144 g/mol. The van der Waals surface area contributed by atoms with Gasteiger partial charge in [-0.05, 0) is 31.1 Å². The van der Waals surface area contributed by atoms with E-state index < -0.39 is 0 Å². The Morgan fingerprint density at radius 2 is 1.83 bits per heavy atom. The largest absolute Gasteiger partial charge is 0.0848 e. The van der Waals surface area contributed by atoms with Gasteiger partial charge in [0, 0.05) is 0 Å². The molecule has 0 radical (unpaired) electrons. The Morgan fingerprint density at radius 1 is 1.33 bits per heavy atom. The Kier molecular flexibility index (Phi) is 4.59. The summed E-state index contributed by atoms with van der Waals surface area (Å²) < 4.78 is 0. The third kappa shape index (κ3) is 5.40. The smallest absolute Gasteiger partial charge is 0.0237 e. The quantitative estimate of drug-likeness (QED) is 0.547. The van der Waals surface area contributed by atoms with Crippen LogP contribution in [0, 0.1) is 11.3 Å². The average molecular weight is 168 g/mol. The maximum atomic E-state index is 2.40. The SMILES string of the molecule is CCC(C)C(C)=CCC(C)(C)C. The highest BCUT2D eigenvalue weighted by atomic mass is 14.1. The second-order valence-electron chi connectivity index (χ2n) is 5.02. The Balaban J connectivity index is 4.01. The van der Waals surface area contributed by atoms with Gasteiger partial charge in [0.25, 0.3) is 0 Å². The van der Waals surface area contributed by atoms with Gasteiger partial charge in [0.15, 0.2) is 0 Å². The van der Waals surface area contributed by atoms with E-state index >= 15 is 0 Å². The van der Waals surface area contributed by atoms with Gasteiger partial charge in [-0.1, -0.05) is 46.3 Å². The van der Waals surface area contributed by atoms with Crippen LogP contribution in [0.3, 0.4) is 0 Å². The standard InChI is InChI=1S/C12H24/c1-7-10(2)11(3)8-9-12(4,5)6/h8,10H,7,9H2,1-6H3. The molecule has 0 saturated carbocycles. The molecule has 12 heavy (non-hydrogen) atoms. The summed E-state index contributed by atoms with van der Waals surface area (Å²) in [6.45, 7) is 13.7. The molecule has 0 spiro atoms. The van der Waals surface area contributed by atoms with Crippen molar-refractivity contribution in [3.63, 3.8) is 0 Å². The lowest BCUT2D eigenvalue weighted by Crippen LogP contribution is -2.03. The molecule has 1 unspecified atom stereocenters. The summed E-state index contributed by atoms with van der Waals surface area (Å²) in [6, 6.07) is 0. The van der Waals surface area contributed by atoms with E-state index in [4.69, 9.17) is 0 Å². The van der Waals surface area contributed by atoms with Gasteiger partial charge in [0.1, 0.15) is 0 Å². The number of allylic oxidation sites excluding steroid dienone is 2. The minimum absolute atomic E-state index is 0.439. The summed E-state index contributed by atoms with van der Waals surface area (Å²) in [7, 11) is 0. The molecule has 0 nitrogen and oxygen atoms in total. The van der Waals surface area contributed by atoms with E-state index in [1.165, 1.54) is 12.8 Å². The molecule has 72 valence electrons. The van der Waals surface area contributed by atoms with Gasteiger partial charge in [-0.15, -0.1) is 0 Å². The molecule has 0 bridgehead atoms. The van der Waals surface area contributed by atoms with Crippen LogP contribution in [-0.4, -0.2) is 0 Å². The number of hydrogen-bond donors (Lipinski definition) is 0. The van der Waals surface area contributed by atoms with Crippen LogP contribution in [-0.2, 0) is 0 Å². The molecule has 0 aliphatic carbocycles. The van der Waals surface area contributed by atoms with Crippen molar-refractivity contribution in [1.82, 2.24) is 0 Å². The fourth-order valence-corrected chi connectivity index (χ4v) is 0.990. The van der Waals surface area contributed by atoms with Gasteiger partial charge in [0.05, 0.1) is 0 Å². The summed E-state index contributed by atoms with van der Waals surface area (Å²) in [5.41, 5.74) is 1.99. The molecule has 0 aliphatic rings. The molecule has 0 saturated heterocycles. The molecule has 0 aromatic heterocycles. The van der Waals surface area contributed by atoms with Crippen molar-refractivity contribution < 1.29 is 0 Å². The van der Waals surface area contributed by atoms with E-state index in [0.717, 1.165) is 5.92 Å². The van der Waals surface area contributed by atoms with Crippen molar-refractivity contribution >= 4 is 0 Å². The van der Waals surface area contributed by atoms with Crippen molar-refractivity contribution in [2.45, 2.75) is 54.4 Å². The fraction of sp³-hybridized carbons (Fsp3) is 0.833. The minimum Gasteiger partial charge on any atom is -0.0848 e. The third-order valence-electron chi connectivity index (χ3n) is 2.43. The van der Waals surface area contributed by atoms with Crippen molar-refractivity contribution in [2.75, 3.05) is 0 Å². The van der Waals surface area contributed by atoms with Gasteiger partial charge in [-0.3, -0.25) is 0 Å².